The second kappa shape index (κ2) is 7.90. The zero-order chi connectivity index (χ0) is 21.7. The first-order valence-electron chi connectivity index (χ1n) is 12.6. The average Bonchev–Trinajstić information content (AvgIpc) is 3.15. The van der Waals surface area contributed by atoms with Gasteiger partial charge in [0.2, 0.25) is 11.8 Å². The molecule has 1 saturated heterocycles. The summed E-state index contributed by atoms with van der Waals surface area (Å²) in [6, 6.07) is 15.3. The molecule has 0 unspecified atom stereocenters. The lowest BCUT2D eigenvalue weighted by Gasteiger charge is -2.54. The molecule has 2 N–H and O–H groups in total. The minimum atomic E-state index is -0.305. The SMILES string of the molecule is O=C(CC[C@]1(Cc2ccc3ccccc3c2)CCC(=O)N1)NC1C2CC3CC(C2)CC1C3. The smallest absolute Gasteiger partial charge is 0.220 e. The highest BCUT2D eigenvalue weighted by molar-refractivity contribution is 5.83. The molecule has 168 valence electrons. The second-order valence-corrected chi connectivity index (χ2v) is 11.2. The fraction of sp³-hybridized carbons (Fsp3) is 0.571. The Hall–Kier alpha value is -2.36. The van der Waals surface area contributed by atoms with Crippen molar-refractivity contribution in [2.75, 3.05) is 0 Å². The van der Waals surface area contributed by atoms with Crippen molar-refractivity contribution in [2.24, 2.45) is 23.7 Å². The average molecular weight is 431 g/mol. The summed E-state index contributed by atoms with van der Waals surface area (Å²) in [5.41, 5.74) is 0.924. The van der Waals surface area contributed by atoms with Crippen LogP contribution in [0.25, 0.3) is 10.8 Å². The molecule has 0 aromatic heterocycles. The summed E-state index contributed by atoms with van der Waals surface area (Å²) in [4.78, 5) is 25.2. The standard InChI is InChI=1S/C28H34N2O2/c31-25(29-27-23-13-19-11-20(15-23)16-24(27)14-19)7-9-28(10-8-26(32)30-28)17-18-5-6-21-3-1-2-4-22(21)12-18/h1-6,12,19-20,23-24,27H,7-11,13-17H2,(H,29,31)(H,30,32)/t19?,20?,23?,24?,27?,28-/m1/s1. The van der Waals surface area contributed by atoms with Gasteiger partial charge in [-0.15, -0.1) is 0 Å². The zero-order valence-electron chi connectivity index (χ0n) is 18.8. The highest BCUT2D eigenvalue weighted by Gasteiger charge is 2.48. The Morgan fingerprint density at radius 3 is 2.38 bits per heavy atom. The summed E-state index contributed by atoms with van der Waals surface area (Å²) in [6.45, 7) is 0. The third-order valence-corrected chi connectivity index (χ3v) is 8.98. The lowest BCUT2D eigenvalue weighted by molar-refractivity contribution is -0.126. The third kappa shape index (κ3) is 3.82. The van der Waals surface area contributed by atoms with Crippen LogP contribution in [0.1, 0.15) is 63.4 Å². The molecule has 0 radical (unpaired) electrons. The topological polar surface area (TPSA) is 58.2 Å². The van der Waals surface area contributed by atoms with E-state index >= 15 is 0 Å². The molecule has 2 amide bonds. The van der Waals surface area contributed by atoms with Crippen LogP contribution in [0.15, 0.2) is 42.5 Å². The number of fused-ring (bicyclic) bond motifs is 1. The lowest BCUT2D eigenvalue weighted by atomic mass is 9.54. The minimum absolute atomic E-state index is 0.118. The normalized spacial score (nSPS) is 35.2. The minimum Gasteiger partial charge on any atom is -0.353 e. The van der Waals surface area contributed by atoms with Gasteiger partial charge >= 0.3 is 0 Å². The molecule has 4 heteroatoms. The molecule has 4 bridgehead atoms. The number of benzene rings is 2. The Morgan fingerprint density at radius 2 is 1.69 bits per heavy atom. The predicted octanol–water partition coefficient (Wildman–Crippen LogP) is 4.75. The van der Waals surface area contributed by atoms with E-state index in [4.69, 9.17) is 0 Å². The highest BCUT2D eigenvalue weighted by atomic mass is 16.2. The Balaban J connectivity index is 1.12. The molecule has 1 atom stereocenters. The Bertz CT molecular complexity index is 1020. The largest absolute Gasteiger partial charge is 0.353 e. The van der Waals surface area contributed by atoms with Gasteiger partial charge in [-0.05, 0) is 91.4 Å². The Kier molecular flexibility index (Phi) is 5.00. The number of carbonyl (C=O) groups is 2. The number of nitrogens with one attached hydrogen (secondary N) is 2. The molecule has 7 rings (SSSR count). The Labute approximate surface area is 190 Å². The molecule has 5 aliphatic rings. The van der Waals surface area contributed by atoms with Gasteiger partial charge in [0.05, 0.1) is 0 Å². The van der Waals surface area contributed by atoms with E-state index < -0.39 is 0 Å². The van der Waals surface area contributed by atoms with Crippen molar-refractivity contribution in [1.82, 2.24) is 10.6 Å². The van der Waals surface area contributed by atoms with E-state index in [0.717, 1.165) is 24.7 Å². The Morgan fingerprint density at radius 1 is 0.969 bits per heavy atom. The molecule has 4 nitrogen and oxygen atoms in total. The summed E-state index contributed by atoms with van der Waals surface area (Å²) in [7, 11) is 0. The molecular formula is C28H34N2O2. The summed E-state index contributed by atoms with van der Waals surface area (Å²) in [6.07, 6.45) is 10.1. The maximum absolute atomic E-state index is 13.0. The van der Waals surface area contributed by atoms with Gasteiger partial charge in [-0.25, -0.2) is 0 Å². The van der Waals surface area contributed by atoms with Crippen LogP contribution in [0, 0.1) is 23.7 Å². The summed E-state index contributed by atoms with van der Waals surface area (Å²) < 4.78 is 0. The predicted molar refractivity (Wildman–Crippen MR) is 126 cm³/mol. The fourth-order valence-corrected chi connectivity index (χ4v) is 7.69. The van der Waals surface area contributed by atoms with Gasteiger partial charge in [0.25, 0.3) is 0 Å². The lowest BCUT2D eigenvalue weighted by Crippen LogP contribution is -2.56. The fourth-order valence-electron chi connectivity index (χ4n) is 7.69. The maximum Gasteiger partial charge on any atom is 0.220 e. The summed E-state index contributed by atoms with van der Waals surface area (Å²) in [5.74, 6) is 3.55. The number of carbonyl (C=O) groups excluding carboxylic acids is 2. The van der Waals surface area contributed by atoms with E-state index in [2.05, 4.69) is 53.1 Å². The van der Waals surface area contributed by atoms with Crippen molar-refractivity contribution in [3.8, 4) is 0 Å². The summed E-state index contributed by atoms with van der Waals surface area (Å²) >= 11 is 0. The van der Waals surface area contributed by atoms with Gasteiger partial charge < -0.3 is 10.6 Å². The third-order valence-electron chi connectivity index (χ3n) is 8.98. The van der Waals surface area contributed by atoms with Gasteiger partial charge in [-0.3, -0.25) is 9.59 Å². The van der Waals surface area contributed by atoms with E-state index in [1.165, 1.54) is 48.4 Å². The molecule has 1 aliphatic heterocycles. The molecule has 2 aromatic carbocycles. The molecule has 32 heavy (non-hydrogen) atoms. The quantitative estimate of drug-likeness (QED) is 0.695. The van der Waals surface area contributed by atoms with Crippen LogP contribution in [-0.2, 0) is 16.0 Å². The van der Waals surface area contributed by atoms with Crippen molar-refractivity contribution in [2.45, 2.75) is 75.8 Å². The first kappa shape index (κ1) is 20.3. The van der Waals surface area contributed by atoms with E-state index in [9.17, 15) is 9.59 Å². The van der Waals surface area contributed by atoms with Crippen molar-refractivity contribution >= 4 is 22.6 Å². The van der Waals surface area contributed by atoms with Gasteiger partial charge in [0.15, 0.2) is 0 Å². The second-order valence-electron chi connectivity index (χ2n) is 11.2. The van der Waals surface area contributed by atoms with Crippen molar-refractivity contribution < 1.29 is 9.59 Å². The van der Waals surface area contributed by atoms with E-state index in [0.29, 0.717) is 37.1 Å². The van der Waals surface area contributed by atoms with Crippen LogP contribution in [0.2, 0.25) is 0 Å². The van der Waals surface area contributed by atoms with Crippen LogP contribution >= 0.6 is 0 Å². The molecule has 4 aliphatic carbocycles. The number of amides is 2. The molecule has 0 spiro atoms. The van der Waals surface area contributed by atoms with E-state index in [1.807, 2.05) is 0 Å². The monoisotopic (exact) mass is 430 g/mol. The number of rotatable bonds is 6. The van der Waals surface area contributed by atoms with Crippen LogP contribution in [0.4, 0.5) is 0 Å². The molecule has 5 fully saturated rings. The molecule has 4 saturated carbocycles. The van der Waals surface area contributed by atoms with Gasteiger partial charge in [-0.1, -0.05) is 42.5 Å². The van der Waals surface area contributed by atoms with Gasteiger partial charge in [-0.2, -0.15) is 0 Å². The zero-order valence-corrected chi connectivity index (χ0v) is 18.8. The first-order valence-corrected chi connectivity index (χ1v) is 12.6. The van der Waals surface area contributed by atoms with Crippen molar-refractivity contribution in [3.63, 3.8) is 0 Å². The van der Waals surface area contributed by atoms with E-state index in [1.54, 1.807) is 0 Å². The molecule has 2 aromatic rings. The van der Waals surface area contributed by atoms with Crippen molar-refractivity contribution in [1.29, 1.82) is 0 Å². The van der Waals surface area contributed by atoms with Crippen LogP contribution < -0.4 is 10.6 Å². The molecular weight excluding hydrogens is 396 g/mol. The number of hydrogen-bond donors (Lipinski definition) is 2. The van der Waals surface area contributed by atoms with Gasteiger partial charge in [0, 0.05) is 24.4 Å². The van der Waals surface area contributed by atoms with E-state index in [-0.39, 0.29) is 17.4 Å². The highest BCUT2D eigenvalue weighted by Crippen LogP contribution is 2.53. The first-order chi connectivity index (χ1) is 15.6. The molecule has 1 heterocycles. The maximum atomic E-state index is 13.0. The van der Waals surface area contributed by atoms with Crippen LogP contribution in [0.3, 0.4) is 0 Å². The number of hydrogen-bond acceptors (Lipinski definition) is 2. The summed E-state index contributed by atoms with van der Waals surface area (Å²) in [5, 5.41) is 9.16. The van der Waals surface area contributed by atoms with Crippen LogP contribution in [0.5, 0.6) is 0 Å². The van der Waals surface area contributed by atoms with Gasteiger partial charge in [0.1, 0.15) is 0 Å². The van der Waals surface area contributed by atoms with Crippen molar-refractivity contribution in [3.05, 3.63) is 48.0 Å². The van der Waals surface area contributed by atoms with Crippen LogP contribution in [-0.4, -0.2) is 23.4 Å².